The van der Waals surface area contributed by atoms with Gasteiger partial charge in [0.05, 0.1) is 12.6 Å². The topological polar surface area (TPSA) is 83.0 Å². The Morgan fingerprint density at radius 2 is 1.88 bits per heavy atom. The maximum absolute atomic E-state index is 13.8. The molecule has 1 amide bonds. The monoisotopic (exact) mass is 489 g/mol. The summed E-state index contributed by atoms with van der Waals surface area (Å²) in [5.41, 5.74) is 3.48. The van der Waals surface area contributed by atoms with Crippen molar-refractivity contribution < 1.29 is 37.0 Å². The summed E-state index contributed by atoms with van der Waals surface area (Å²) in [7, 11) is 1.48. The van der Waals surface area contributed by atoms with Gasteiger partial charge < -0.3 is 14.7 Å². The molecule has 1 spiro atoms. The standard InChI is InChI=1S/C19H22FN3O2S.C2HF3O2/c1-25-17-3-2-14(8-15(17)20)9-22-6-4-19(5-7-22)11-23(12-19)18(24)16-10-26-13-21-16;3-2(4,5)1(6)7/h2-3,8,10,13H,4-7,9,11-12H2,1H3;(H,6,7). The van der Waals surface area contributed by atoms with Gasteiger partial charge in [-0.15, -0.1) is 11.3 Å². The van der Waals surface area contributed by atoms with Gasteiger partial charge in [0.15, 0.2) is 11.6 Å². The molecule has 2 aliphatic heterocycles. The number of hydrogen-bond acceptors (Lipinski definition) is 6. The molecule has 180 valence electrons. The molecule has 0 radical (unpaired) electrons. The summed E-state index contributed by atoms with van der Waals surface area (Å²) in [6.45, 7) is 4.36. The highest BCUT2D eigenvalue weighted by Crippen LogP contribution is 2.41. The molecule has 0 unspecified atom stereocenters. The molecule has 33 heavy (non-hydrogen) atoms. The van der Waals surface area contributed by atoms with Crippen LogP contribution >= 0.6 is 11.3 Å². The van der Waals surface area contributed by atoms with Crippen molar-refractivity contribution in [3.8, 4) is 5.75 Å². The zero-order valence-electron chi connectivity index (χ0n) is 17.8. The second-order valence-electron chi connectivity index (χ2n) is 8.08. The highest BCUT2D eigenvalue weighted by atomic mass is 32.1. The van der Waals surface area contributed by atoms with Gasteiger partial charge in [0.25, 0.3) is 5.91 Å². The number of carboxylic acids is 1. The number of amides is 1. The Morgan fingerprint density at radius 1 is 1.24 bits per heavy atom. The largest absolute Gasteiger partial charge is 0.494 e. The fourth-order valence-electron chi connectivity index (χ4n) is 3.96. The quantitative estimate of drug-likeness (QED) is 0.661. The number of rotatable bonds is 4. The summed E-state index contributed by atoms with van der Waals surface area (Å²) in [5, 5.41) is 8.93. The van der Waals surface area contributed by atoms with Gasteiger partial charge in [-0.25, -0.2) is 14.2 Å². The molecule has 2 aromatic rings. The lowest BCUT2D eigenvalue weighted by Crippen LogP contribution is -2.61. The van der Waals surface area contributed by atoms with E-state index in [2.05, 4.69) is 9.88 Å². The number of thiazole rings is 1. The molecule has 2 fully saturated rings. The summed E-state index contributed by atoms with van der Waals surface area (Å²) in [5.74, 6) is -2.74. The Hall–Kier alpha value is -2.73. The number of methoxy groups -OCH3 is 1. The number of aliphatic carboxylic acids is 1. The second-order valence-corrected chi connectivity index (χ2v) is 8.80. The number of nitrogens with zero attached hydrogens (tertiary/aromatic N) is 3. The highest BCUT2D eigenvalue weighted by molar-refractivity contribution is 7.07. The summed E-state index contributed by atoms with van der Waals surface area (Å²) >= 11 is 1.45. The van der Waals surface area contributed by atoms with Crippen molar-refractivity contribution in [1.82, 2.24) is 14.8 Å². The Morgan fingerprint density at radius 3 is 2.36 bits per heavy atom. The average Bonchev–Trinajstić information content (AvgIpc) is 3.27. The predicted octanol–water partition coefficient (Wildman–Crippen LogP) is 3.66. The van der Waals surface area contributed by atoms with E-state index in [1.54, 1.807) is 17.6 Å². The number of piperidine rings is 1. The summed E-state index contributed by atoms with van der Waals surface area (Å²) in [6.07, 6.45) is -2.93. The van der Waals surface area contributed by atoms with Crippen molar-refractivity contribution in [3.63, 3.8) is 0 Å². The first-order chi connectivity index (χ1) is 15.5. The molecule has 0 bridgehead atoms. The average molecular weight is 489 g/mol. The first-order valence-electron chi connectivity index (χ1n) is 10.1. The molecule has 0 aliphatic carbocycles. The van der Waals surface area contributed by atoms with Crippen molar-refractivity contribution in [1.29, 1.82) is 0 Å². The fourth-order valence-corrected chi connectivity index (χ4v) is 4.48. The van der Waals surface area contributed by atoms with E-state index in [1.807, 2.05) is 16.3 Å². The number of carbonyl (C=O) groups excluding carboxylic acids is 1. The third kappa shape index (κ3) is 6.20. The van der Waals surface area contributed by atoms with E-state index in [0.717, 1.165) is 51.1 Å². The first kappa shape index (κ1) is 24.9. The number of halogens is 4. The molecule has 7 nitrogen and oxygen atoms in total. The lowest BCUT2D eigenvalue weighted by molar-refractivity contribution is -0.192. The lowest BCUT2D eigenvalue weighted by Gasteiger charge is -2.53. The molecule has 2 aliphatic rings. The van der Waals surface area contributed by atoms with Gasteiger partial charge in [0.1, 0.15) is 5.69 Å². The van der Waals surface area contributed by atoms with Crippen molar-refractivity contribution in [2.75, 3.05) is 33.3 Å². The van der Waals surface area contributed by atoms with Crippen molar-refractivity contribution in [2.24, 2.45) is 5.41 Å². The van der Waals surface area contributed by atoms with Crippen LogP contribution < -0.4 is 4.74 Å². The minimum absolute atomic E-state index is 0.0491. The Balaban J connectivity index is 0.000000383. The third-order valence-electron chi connectivity index (χ3n) is 5.77. The van der Waals surface area contributed by atoms with Gasteiger partial charge in [0.2, 0.25) is 0 Å². The van der Waals surface area contributed by atoms with Gasteiger partial charge in [-0.2, -0.15) is 13.2 Å². The first-order valence-corrected chi connectivity index (χ1v) is 11.0. The zero-order chi connectivity index (χ0) is 24.2. The number of carboxylic acid groups (broad SMARTS) is 1. The maximum atomic E-state index is 13.8. The van der Waals surface area contributed by atoms with Crippen molar-refractivity contribution in [2.45, 2.75) is 25.6 Å². The second kappa shape index (κ2) is 10.0. The molecule has 4 rings (SSSR count). The minimum Gasteiger partial charge on any atom is -0.494 e. The lowest BCUT2D eigenvalue weighted by atomic mass is 9.72. The molecular formula is C21H23F4N3O4S. The fraction of sp³-hybridized carbons (Fsp3) is 0.476. The molecule has 0 saturated carbocycles. The summed E-state index contributed by atoms with van der Waals surface area (Å²) in [6, 6.07) is 5.16. The van der Waals surface area contributed by atoms with Gasteiger partial charge in [-0.3, -0.25) is 9.69 Å². The van der Waals surface area contributed by atoms with Crippen LogP contribution in [0.4, 0.5) is 17.6 Å². The smallest absolute Gasteiger partial charge is 0.490 e. The van der Waals surface area contributed by atoms with E-state index in [0.29, 0.717) is 5.69 Å². The number of ether oxygens (including phenoxy) is 1. The number of hydrogen-bond donors (Lipinski definition) is 1. The number of likely N-dealkylation sites (tertiary alicyclic amines) is 2. The van der Waals surface area contributed by atoms with E-state index in [-0.39, 0.29) is 22.9 Å². The molecule has 3 heterocycles. The third-order valence-corrected chi connectivity index (χ3v) is 6.36. The van der Waals surface area contributed by atoms with Crippen LogP contribution in [0.3, 0.4) is 0 Å². The predicted molar refractivity (Wildman–Crippen MR) is 112 cm³/mol. The van der Waals surface area contributed by atoms with E-state index in [1.165, 1.54) is 18.4 Å². The van der Waals surface area contributed by atoms with E-state index in [4.69, 9.17) is 14.6 Å². The molecule has 0 atom stereocenters. The molecule has 2 saturated heterocycles. The van der Waals surface area contributed by atoms with Gasteiger partial charge >= 0.3 is 12.1 Å². The van der Waals surface area contributed by atoms with Crippen LogP contribution in [0.5, 0.6) is 5.75 Å². The Labute approximate surface area is 191 Å². The summed E-state index contributed by atoms with van der Waals surface area (Å²) < 4.78 is 50.5. The van der Waals surface area contributed by atoms with E-state index >= 15 is 0 Å². The van der Waals surface area contributed by atoms with Crippen LogP contribution in [0.15, 0.2) is 29.1 Å². The van der Waals surface area contributed by atoms with Gasteiger partial charge in [0, 0.05) is 30.4 Å². The highest BCUT2D eigenvalue weighted by Gasteiger charge is 2.47. The van der Waals surface area contributed by atoms with Crippen LogP contribution in [-0.4, -0.2) is 71.2 Å². The Kier molecular flexibility index (Phi) is 7.58. The molecule has 1 N–H and O–H groups in total. The molecule has 1 aromatic carbocycles. The summed E-state index contributed by atoms with van der Waals surface area (Å²) in [4.78, 5) is 29.6. The Bertz CT molecular complexity index is 968. The van der Waals surface area contributed by atoms with Crippen molar-refractivity contribution >= 4 is 23.2 Å². The van der Waals surface area contributed by atoms with Gasteiger partial charge in [-0.1, -0.05) is 6.07 Å². The van der Waals surface area contributed by atoms with Crippen LogP contribution in [-0.2, 0) is 11.3 Å². The number of aromatic nitrogens is 1. The van der Waals surface area contributed by atoms with Crippen LogP contribution in [0, 0.1) is 11.2 Å². The van der Waals surface area contributed by atoms with Crippen LogP contribution in [0.2, 0.25) is 0 Å². The van der Waals surface area contributed by atoms with Crippen LogP contribution in [0.25, 0.3) is 0 Å². The number of alkyl halides is 3. The molecular weight excluding hydrogens is 466 g/mol. The van der Waals surface area contributed by atoms with Crippen molar-refractivity contribution in [3.05, 3.63) is 46.2 Å². The maximum Gasteiger partial charge on any atom is 0.490 e. The molecule has 1 aromatic heterocycles. The zero-order valence-corrected chi connectivity index (χ0v) is 18.6. The normalized spacial score (nSPS) is 17.7. The minimum atomic E-state index is -5.08. The van der Waals surface area contributed by atoms with E-state index in [9.17, 15) is 22.4 Å². The SMILES string of the molecule is COc1ccc(CN2CCC3(CC2)CN(C(=O)c2cscn2)C3)cc1F.O=C(O)C(F)(F)F. The number of benzene rings is 1. The molecule has 12 heteroatoms. The number of carbonyl (C=O) groups is 2. The van der Waals surface area contributed by atoms with E-state index < -0.39 is 12.1 Å². The van der Waals surface area contributed by atoms with Gasteiger partial charge in [-0.05, 0) is 43.6 Å². The van der Waals surface area contributed by atoms with Crippen LogP contribution in [0.1, 0.15) is 28.9 Å².